The Morgan fingerprint density at radius 2 is 1.84 bits per heavy atom. The van der Waals surface area contributed by atoms with Crippen LogP contribution in [0.3, 0.4) is 0 Å². The molecule has 0 saturated heterocycles. The molecule has 2 aromatic rings. The highest BCUT2D eigenvalue weighted by atomic mass is 19.1. The molecule has 1 N–H and O–H groups in total. The molecule has 2 rings (SSSR count). The maximum absolute atomic E-state index is 14.0. The van der Waals surface area contributed by atoms with Gasteiger partial charge in [0.05, 0.1) is 0 Å². The van der Waals surface area contributed by atoms with Crippen LogP contribution in [-0.4, -0.2) is 6.54 Å². The van der Waals surface area contributed by atoms with Crippen LogP contribution in [-0.2, 0) is 6.54 Å². The molecule has 0 unspecified atom stereocenters. The van der Waals surface area contributed by atoms with Crippen LogP contribution in [0.4, 0.5) is 8.78 Å². The molecule has 100 valence electrons. The average Bonchev–Trinajstić information content (AvgIpc) is 2.37. The van der Waals surface area contributed by atoms with Crippen molar-refractivity contribution in [3.63, 3.8) is 0 Å². The van der Waals surface area contributed by atoms with Gasteiger partial charge >= 0.3 is 0 Å². The van der Waals surface area contributed by atoms with Crippen LogP contribution >= 0.6 is 0 Å². The molecule has 0 fully saturated rings. The summed E-state index contributed by atoms with van der Waals surface area (Å²) in [5.74, 6) is -0.507. The lowest BCUT2D eigenvalue weighted by Gasteiger charge is -2.09. The minimum absolute atomic E-state index is 0.234. The van der Waals surface area contributed by atoms with E-state index in [-0.39, 0.29) is 11.6 Å². The highest BCUT2D eigenvalue weighted by Crippen LogP contribution is 2.25. The van der Waals surface area contributed by atoms with Gasteiger partial charge in [-0.2, -0.15) is 0 Å². The van der Waals surface area contributed by atoms with Gasteiger partial charge in [-0.25, -0.2) is 8.78 Å². The Hall–Kier alpha value is -1.74. The number of nitrogens with one attached hydrogen (secondary N) is 1. The van der Waals surface area contributed by atoms with Crippen molar-refractivity contribution in [2.75, 3.05) is 6.54 Å². The summed E-state index contributed by atoms with van der Waals surface area (Å²) in [6, 6.07) is 9.69. The van der Waals surface area contributed by atoms with E-state index in [1.165, 1.54) is 18.2 Å². The molecule has 0 amide bonds. The largest absolute Gasteiger partial charge is 0.313 e. The molecule has 19 heavy (non-hydrogen) atoms. The third-order valence-corrected chi connectivity index (χ3v) is 3.12. The van der Waals surface area contributed by atoms with Crippen LogP contribution in [0.1, 0.15) is 18.1 Å². The molecular weight excluding hydrogens is 244 g/mol. The van der Waals surface area contributed by atoms with E-state index >= 15 is 0 Å². The van der Waals surface area contributed by atoms with Gasteiger partial charge in [-0.3, -0.25) is 0 Å². The molecule has 0 bridgehead atoms. The number of benzene rings is 2. The molecule has 0 spiro atoms. The number of hydrogen-bond acceptors (Lipinski definition) is 1. The van der Waals surface area contributed by atoms with Gasteiger partial charge in [0.25, 0.3) is 0 Å². The van der Waals surface area contributed by atoms with Crippen LogP contribution in [0.25, 0.3) is 11.1 Å². The molecular formula is C16H17F2N. The van der Waals surface area contributed by atoms with Crippen molar-refractivity contribution >= 4 is 0 Å². The van der Waals surface area contributed by atoms with Crippen LogP contribution in [0.15, 0.2) is 36.4 Å². The summed E-state index contributed by atoms with van der Waals surface area (Å²) in [5, 5.41) is 3.09. The van der Waals surface area contributed by atoms with E-state index in [0.29, 0.717) is 12.1 Å². The lowest BCUT2D eigenvalue weighted by molar-refractivity contribution is 0.594. The summed E-state index contributed by atoms with van der Waals surface area (Å²) in [6.07, 6.45) is 0. The Bertz CT molecular complexity index is 579. The summed E-state index contributed by atoms with van der Waals surface area (Å²) in [4.78, 5) is 0. The van der Waals surface area contributed by atoms with Crippen molar-refractivity contribution in [1.82, 2.24) is 5.32 Å². The van der Waals surface area contributed by atoms with E-state index in [4.69, 9.17) is 0 Å². The maximum atomic E-state index is 14.0. The van der Waals surface area contributed by atoms with E-state index in [9.17, 15) is 8.78 Å². The zero-order valence-electron chi connectivity index (χ0n) is 11.1. The predicted molar refractivity (Wildman–Crippen MR) is 73.9 cm³/mol. The molecule has 0 heterocycles. The normalized spacial score (nSPS) is 10.7. The van der Waals surface area contributed by atoms with Gasteiger partial charge in [0.15, 0.2) is 0 Å². The Kier molecular flexibility index (Phi) is 4.27. The molecule has 0 aliphatic rings. The van der Waals surface area contributed by atoms with E-state index < -0.39 is 0 Å². The molecule has 0 atom stereocenters. The maximum Gasteiger partial charge on any atom is 0.128 e. The zero-order chi connectivity index (χ0) is 13.8. The Morgan fingerprint density at radius 1 is 1.05 bits per heavy atom. The average molecular weight is 261 g/mol. The zero-order valence-corrected chi connectivity index (χ0v) is 11.1. The Balaban J connectivity index is 2.33. The minimum Gasteiger partial charge on any atom is -0.313 e. The molecule has 0 aliphatic heterocycles. The van der Waals surface area contributed by atoms with Crippen LogP contribution in [0.2, 0.25) is 0 Å². The van der Waals surface area contributed by atoms with E-state index in [1.807, 2.05) is 19.9 Å². The number of halogens is 2. The fourth-order valence-electron chi connectivity index (χ4n) is 2.07. The van der Waals surface area contributed by atoms with Gasteiger partial charge < -0.3 is 5.32 Å². The number of aryl methyl sites for hydroxylation is 1. The second kappa shape index (κ2) is 5.93. The molecule has 0 radical (unpaired) electrons. The smallest absolute Gasteiger partial charge is 0.128 e. The Morgan fingerprint density at radius 3 is 2.47 bits per heavy atom. The lowest BCUT2D eigenvalue weighted by Crippen LogP contribution is -2.12. The minimum atomic E-state index is -0.273. The van der Waals surface area contributed by atoms with Gasteiger partial charge in [-0.05, 0) is 48.4 Å². The SMILES string of the molecule is CCNCc1ccc(-c2ccc(F)cc2C)cc1F. The first-order chi connectivity index (χ1) is 9.11. The van der Waals surface area contributed by atoms with Gasteiger partial charge in [-0.15, -0.1) is 0 Å². The summed E-state index contributed by atoms with van der Waals surface area (Å²) in [7, 11) is 0. The van der Waals surface area contributed by atoms with Gasteiger partial charge in [0, 0.05) is 12.1 Å². The summed E-state index contributed by atoms with van der Waals surface area (Å²) < 4.78 is 27.0. The Labute approximate surface area is 112 Å². The molecule has 3 heteroatoms. The first kappa shape index (κ1) is 13.7. The van der Waals surface area contributed by atoms with Crippen molar-refractivity contribution in [2.24, 2.45) is 0 Å². The third kappa shape index (κ3) is 3.18. The summed E-state index contributed by atoms with van der Waals surface area (Å²) in [6.45, 7) is 5.13. The van der Waals surface area contributed by atoms with Crippen molar-refractivity contribution in [1.29, 1.82) is 0 Å². The first-order valence-electron chi connectivity index (χ1n) is 6.37. The van der Waals surface area contributed by atoms with Crippen molar-refractivity contribution in [3.8, 4) is 11.1 Å². The summed E-state index contributed by atoms with van der Waals surface area (Å²) >= 11 is 0. The molecule has 2 aromatic carbocycles. The van der Waals surface area contributed by atoms with Gasteiger partial charge in [0.2, 0.25) is 0 Å². The van der Waals surface area contributed by atoms with E-state index in [2.05, 4.69) is 5.32 Å². The first-order valence-corrected chi connectivity index (χ1v) is 6.37. The fourth-order valence-corrected chi connectivity index (χ4v) is 2.07. The topological polar surface area (TPSA) is 12.0 Å². The summed E-state index contributed by atoms with van der Waals surface area (Å²) in [5.41, 5.74) is 3.08. The molecule has 0 aromatic heterocycles. The number of rotatable bonds is 4. The van der Waals surface area contributed by atoms with Crippen molar-refractivity contribution in [2.45, 2.75) is 20.4 Å². The van der Waals surface area contributed by atoms with E-state index in [1.54, 1.807) is 12.1 Å². The molecule has 1 nitrogen and oxygen atoms in total. The van der Waals surface area contributed by atoms with Gasteiger partial charge in [-0.1, -0.05) is 25.1 Å². The second-order valence-electron chi connectivity index (χ2n) is 4.55. The standard InChI is InChI=1S/C16H17F2N/c1-3-19-10-13-5-4-12(9-16(13)18)15-7-6-14(17)8-11(15)2/h4-9,19H,3,10H2,1-2H3. The highest BCUT2D eigenvalue weighted by molar-refractivity contribution is 5.67. The predicted octanol–water partition coefficient (Wildman–Crippen LogP) is 4.05. The highest BCUT2D eigenvalue weighted by Gasteiger charge is 2.07. The van der Waals surface area contributed by atoms with Crippen LogP contribution in [0.5, 0.6) is 0 Å². The van der Waals surface area contributed by atoms with Gasteiger partial charge in [0.1, 0.15) is 11.6 Å². The van der Waals surface area contributed by atoms with Crippen LogP contribution < -0.4 is 5.32 Å². The van der Waals surface area contributed by atoms with Crippen molar-refractivity contribution in [3.05, 3.63) is 59.2 Å². The fraction of sp³-hybridized carbons (Fsp3) is 0.250. The van der Waals surface area contributed by atoms with Crippen LogP contribution in [0, 0.1) is 18.6 Å². The van der Waals surface area contributed by atoms with E-state index in [0.717, 1.165) is 23.2 Å². The molecule has 0 saturated carbocycles. The quantitative estimate of drug-likeness (QED) is 0.875. The number of hydrogen-bond donors (Lipinski definition) is 1. The second-order valence-corrected chi connectivity index (χ2v) is 4.55. The lowest BCUT2D eigenvalue weighted by atomic mass is 9.99. The molecule has 0 aliphatic carbocycles. The van der Waals surface area contributed by atoms with Crippen molar-refractivity contribution < 1.29 is 8.78 Å². The monoisotopic (exact) mass is 261 g/mol. The third-order valence-electron chi connectivity index (χ3n) is 3.12.